The van der Waals surface area contributed by atoms with Crippen molar-refractivity contribution in [2.24, 2.45) is 5.41 Å². The van der Waals surface area contributed by atoms with Gasteiger partial charge < -0.3 is 10.1 Å². The zero-order valence-electron chi connectivity index (χ0n) is 12.8. The largest absolute Gasteiger partial charge is 0.478 e. The van der Waals surface area contributed by atoms with Crippen LogP contribution in [0.5, 0.6) is 5.88 Å². The van der Waals surface area contributed by atoms with E-state index in [0.717, 1.165) is 12.8 Å². The van der Waals surface area contributed by atoms with Crippen molar-refractivity contribution in [1.29, 1.82) is 0 Å². The smallest absolute Gasteiger partial charge is 0.451 e. The number of halogens is 3. The molecule has 4 nitrogen and oxygen atoms in total. The number of nitrogens with zero attached hydrogens (tertiary/aromatic N) is 2. The van der Waals surface area contributed by atoms with Gasteiger partial charge in [0.2, 0.25) is 11.7 Å². The van der Waals surface area contributed by atoms with Crippen molar-refractivity contribution in [3.8, 4) is 5.88 Å². The lowest BCUT2D eigenvalue weighted by Gasteiger charge is -2.18. The fourth-order valence-corrected chi connectivity index (χ4v) is 1.43. The van der Waals surface area contributed by atoms with Crippen LogP contribution in [0.3, 0.4) is 0 Å². The molecule has 7 heteroatoms. The molecule has 0 bridgehead atoms. The summed E-state index contributed by atoms with van der Waals surface area (Å²) in [5.74, 6) is -1.11. The molecule has 1 N–H and O–H groups in total. The molecule has 1 aromatic heterocycles. The highest BCUT2D eigenvalue weighted by atomic mass is 19.4. The van der Waals surface area contributed by atoms with E-state index in [0.29, 0.717) is 13.2 Å². The summed E-state index contributed by atoms with van der Waals surface area (Å²) in [6.45, 7) is 8.86. The number of hydrogen-bond acceptors (Lipinski definition) is 4. The van der Waals surface area contributed by atoms with Crippen molar-refractivity contribution in [1.82, 2.24) is 9.97 Å². The van der Waals surface area contributed by atoms with Crippen LogP contribution >= 0.6 is 0 Å². The Kier molecular flexibility index (Phi) is 5.80. The van der Waals surface area contributed by atoms with Crippen molar-refractivity contribution in [2.45, 2.75) is 46.7 Å². The summed E-state index contributed by atoms with van der Waals surface area (Å²) in [5.41, 5.74) is 0.0448. The first-order valence-corrected chi connectivity index (χ1v) is 6.95. The molecule has 1 rings (SSSR count). The van der Waals surface area contributed by atoms with Gasteiger partial charge in [0, 0.05) is 12.6 Å². The SMILES string of the molecule is CCCNc1cc(OCCC(C)(C)C)nc(C(F)(F)F)n1. The molecule has 1 heterocycles. The Morgan fingerprint density at radius 1 is 1.19 bits per heavy atom. The summed E-state index contributed by atoms with van der Waals surface area (Å²) >= 11 is 0. The molecule has 0 unspecified atom stereocenters. The molecule has 0 aliphatic carbocycles. The highest BCUT2D eigenvalue weighted by Gasteiger charge is 2.35. The molecular weight excluding hydrogens is 283 g/mol. The molecule has 1 aromatic rings. The minimum Gasteiger partial charge on any atom is -0.478 e. The van der Waals surface area contributed by atoms with E-state index < -0.39 is 12.0 Å². The van der Waals surface area contributed by atoms with Gasteiger partial charge in [0.25, 0.3) is 0 Å². The number of ether oxygens (including phenoxy) is 1. The second kappa shape index (κ2) is 6.95. The molecule has 0 saturated carbocycles. The lowest BCUT2D eigenvalue weighted by Crippen LogP contribution is -2.16. The van der Waals surface area contributed by atoms with Crippen LogP contribution in [0.15, 0.2) is 6.07 Å². The average Bonchev–Trinajstić information content (AvgIpc) is 2.33. The van der Waals surface area contributed by atoms with E-state index in [9.17, 15) is 13.2 Å². The first kappa shape index (κ1) is 17.5. The second-order valence-corrected chi connectivity index (χ2v) is 6.00. The summed E-state index contributed by atoms with van der Waals surface area (Å²) in [6, 6.07) is 1.40. The van der Waals surface area contributed by atoms with Crippen molar-refractivity contribution >= 4 is 5.82 Å². The molecule has 0 saturated heterocycles. The number of anilines is 1. The van der Waals surface area contributed by atoms with Crippen molar-refractivity contribution < 1.29 is 17.9 Å². The minimum absolute atomic E-state index is 0.0448. The van der Waals surface area contributed by atoms with E-state index in [2.05, 4.69) is 15.3 Å². The zero-order valence-corrected chi connectivity index (χ0v) is 12.8. The number of hydrogen-bond donors (Lipinski definition) is 1. The fourth-order valence-electron chi connectivity index (χ4n) is 1.43. The van der Waals surface area contributed by atoms with Gasteiger partial charge in [-0.1, -0.05) is 27.7 Å². The van der Waals surface area contributed by atoms with Gasteiger partial charge >= 0.3 is 6.18 Å². The number of nitrogens with one attached hydrogen (secondary N) is 1. The lowest BCUT2D eigenvalue weighted by atomic mass is 9.93. The summed E-state index contributed by atoms with van der Waals surface area (Å²) in [5, 5.41) is 2.82. The Balaban J connectivity index is 2.86. The van der Waals surface area contributed by atoms with Crippen LogP contribution in [-0.2, 0) is 6.18 Å². The van der Waals surface area contributed by atoms with Crippen molar-refractivity contribution in [3.63, 3.8) is 0 Å². The van der Waals surface area contributed by atoms with Gasteiger partial charge in [-0.25, -0.2) is 4.98 Å². The third-order valence-corrected chi connectivity index (χ3v) is 2.61. The standard InChI is InChI=1S/C14H22F3N3O/c1-5-7-18-10-9-11(21-8-6-13(2,3)4)20-12(19-10)14(15,16)17/h9H,5-8H2,1-4H3,(H,18,19,20). The van der Waals surface area contributed by atoms with Crippen LogP contribution in [0.4, 0.5) is 19.0 Å². The van der Waals surface area contributed by atoms with Crippen LogP contribution < -0.4 is 10.1 Å². The van der Waals surface area contributed by atoms with Gasteiger partial charge in [-0.3, -0.25) is 0 Å². The van der Waals surface area contributed by atoms with Crippen LogP contribution in [0.2, 0.25) is 0 Å². The number of rotatable bonds is 6. The van der Waals surface area contributed by atoms with Crippen LogP contribution in [-0.4, -0.2) is 23.1 Å². The maximum absolute atomic E-state index is 12.8. The van der Waals surface area contributed by atoms with E-state index in [-0.39, 0.29) is 17.1 Å². The van der Waals surface area contributed by atoms with E-state index in [1.807, 2.05) is 27.7 Å². The Hall–Kier alpha value is -1.53. The highest BCUT2D eigenvalue weighted by Crippen LogP contribution is 2.29. The third kappa shape index (κ3) is 6.64. The Morgan fingerprint density at radius 2 is 1.86 bits per heavy atom. The van der Waals surface area contributed by atoms with Gasteiger partial charge in [-0.15, -0.1) is 0 Å². The van der Waals surface area contributed by atoms with E-state index in [1.54, 1.807) is 0 Å². The average molecular weight is 305 g/mol. The maximum atomic E-state index is 12.8. The van der Waals surface area contributed by atoms with Crippen molar-refractivity contribution in [2.75, 3.05) is 18.5 Å². The summed E-state index contributed by atoms with van der Waals surface area (Å²) in [4.78, 5) is 6.91. The molecule has 0 aliphatic heterocycles. The van der Waals surface area contributed by atoms with Gasteiger partial charge in [0.1, 0.15) is 5.82 Å². The molecule has 21 heavy (non-hydrogen) atoms. The van der Waals surface area contributed by atoms with E-state index in [1.165, 1.54) is 6.07 Å². The van der Waals surface area contributed by atoms with E-state index >= 15 is 0 Å². The molecule has 0 aliphatic rings. The monoisotopic (exact) mass is 305 g/mol. The van der Waals surface area contributed by atoms with Gasteiger partial charge in [0.15, 0.2) is 0 Å². The Morgan fingerprint density at radius 3 is 2.38 bits per heavy atom. The number of alkyl halides is 3. The molecule has 0 fully saturated rings. The molecule has 120 valence electrons. The molecule has 0 aromatic carbocycles. The van der Waals surface area contributed by atoms with Crippen LogP contribution in [0.1, 0.15) is 46.4 Å². The quantitative estimate of drug-likeness (QED) is 0.858. The zero-order chi connectivity index (χ0) is 16.1. The Labute approximate surface area is 123 Å². The molecule has 0 amide bonds. The van der Waals surface area contributed by atoms with Crippen LogP contribution in [0.25, 0.3) is 0 Å². The number of aromatic nitrogens is 2. The Bertz CT molecular complexity index is 456. The first-order chi connectivity index (χ1) is 9.62. The predicted octanol–water partition coefficient (Wildman–Crippen LogP) is 4.13. The second-order valence-electron chi connectivity index (χ2n) is 6.00. The highest BCUT2D eigenvalue weighted by molar-refractivity contribution is 5.38. The molecule has 0 atom stereocenters. The predicted molar refractivity (Wildman–Crippen MR) is 75.4 cm³/mol. The molecule has 0 spiro atoms. The van der Waals surface area contributed by atoms with Crippen LogP contribution in [0, 0.1) is 5.41 Å². The topological polar surface area (TPSA) is 47.0 Å². The third-order valence-electron chi connectivity index (χ3n) is 2.61. The summed E-state index contributed by atoms with van der Waals surface area (Å²) in [6.07, 6.45) is -3.09. The first-order valence-electron chi connectivity index (χ1n) is 6.95. The van der Waals surface area contributed by atoms with Gasteiger partial charge in [0.05, 0.1) is 6.61 Å². The molecular formula is C14H22F3N3O. The minimum atomic E-state index is -4.59. The summed E-state index contributed by atoms with van der Waals surface area (Å²) in [7, 11) is 0. The van der Waals surface area contributed by atoms with Crippen molar-refractivity contribution in [3.05, 3.63) is 11.9 Å². The van der Waals surface area contributed by atoms with E-state index in [4.69, 9.17) is 4.74 Å². The maximum Gasteiger partial charge on any atom is 0.451 e. The summed E-state index contributed by atoms with van der Waals surface area (Å²) < 4.78 is 43.7. The normalized spacial score (nSPS) is 12.3. The van der Waals surface area contributed by atoms with Gasteiger partial charge in [-0.05, 0) is 18.3 Å². The van der Waals surface area contributed by atoms with Gasteiger partial charge in [-0.2, -0.15) is 18.2 Å². The lowest BCUT2D eigenvalue weighted by molar-refractivity contribution is -0.145. The fraction of sp³-hybridized carbons (Fsp3) is 0.714. The molecule has 0 radical (unpaired) electrons.